The Morgan fingerprint density at radius 3 is 2.70 bits per heavy atom. The smallest absolute Gasteiger partial charge is 0.391 e. The second kappa shape index (κ2) is 2.48. The molecule has 0 aliphatic carbocycles. The molecule has 0 saturated heterocycles. The molecule has 0 saturated carbocycles. The van der Waals surface area contributed by atoms with Gasteiger partial charge in [-0.25, -0.2) is 0 Å². The van der Waals surface area contributed by atoms with Gasteiger partial charge in [0.15, 0.2) is 6.40 Å². The van der Waals surface area contributed by atoms with Crippen LogP contribution in [0.4, 0.5) is 13.2 Å². The fourth-order valence-electron chi connectivity index (χ4n) is 0.705. The molecule has 1 atom stereocenters. The van der Waals surface area contributed by atoms with Crippen molar-refractivity contribution in [3.05, 3.63) is 0 Å². The number of halogens is 3. The molecule has 0 aromatic carbocycles. The van der Waals surface area contributed by atoms with Crippen LogP contribution in [0.3, 0.4) is 0 Å². The highest BCUT2D eigenvalue weighted by atomic mass is 19.4. The maximum absolute atomic E-state index is 11.6. The van der Waals surface area contributed by atoms with Crippen LogP contribution in [0.25, 0.3) is 0 Å². The van der Waals surface area contributed by atoms with Crippen LogP contribution in [-0.2, 0) is 4.74 Å². The zero-order valence-electron chi connectivity index (χ0n) is 5.06. The summed E-state index contributed by atoms with van der Waals surface area (Å²) in [5, 5.41) is 0. The molecular formula is C5H6F3NO. The molecule has 0 radical (unpaired) electrons. The molecule has 0 aromatic rings. The summed E-state index contributed by atoms with van der Waals surface area (Å²) in [5.41, 5.74) is 0. The van der Waals surface area contributed by atoms with Crippen LogP contribution in [0, 0.1) is 0 Å². The molecule has 2 nitrogen and oxygen atoms in total. The molecule has 1 heterocycles. The number of aliphatic imine (C=N–C) groups is 1. The molecule has 0 fully saturated rings. The van der Waals surface area contributed by atoms with Crippen LogP contribution >= 0.6 is 0 Å². The molecule has 0 N–H and O–H groups in total. The first-order chi connectivity index (χ1) is 4.58. The van der Waals surface area contributed by atoms with E-state index in [4.69, 9.17) is 0 Å². The van der Waals surface area contributed by atoms with E-state index in [0.29, 0.717) is 0 Å². The van der Waals surface area contributed by atoms with E-state index >= 15 is 0 Å². The van der Waals surface area contributed by atoms with Crippen LogP contribution in [0.15, 0.2) is 4.99 Å². The Morgan fingerprint density at radius 1 is 1.60 bits per heavy atom. The quantitative estimate of drug-likeness (QED) is 0.557. The summed E-state index contributed by atoms with van der Waals surface area (Å²) in [6, 6.07) is -0.722. The summed E-state index contributed by atoms with van der Waals surface area (Å²) in [6.45, 7) is 0.0551. The van der Waals surface area contributed by atoms with Crippen molar-refractivity contribution in [2.75, 3.05) is 6.61 Å². The normalized spacial score (nSPS) is 24.9. The first-order valence-corrected chi connectivity index (χ1v) is 2.78. The van der Waals surface area contributed by atoms with Crippen LogP contribution in [-0.4, -0.2) is 25.2 Å². The van der Waals surface area contributed by atoms with Gasteiger partial charge in [0, 0.05) is 0 Å². The number of hydrogen-bond donors (Lipinski definition) is 0. The Kier molecular flexibility index (Phi) is 1.82. The summed E-state index contributed by atoms with van der Waals surface area (Å²) in [7, 11) is 0. The lowest BCUT2D eigenvalue weighted by Gasteiger charge is -2.07. The fourth-order valence-corrected chi connectivity index (χ4v) is 0.705. The van der Waals surface area contributed by atoms with Gasteiger partial charge in [0.1, 0.15) is 6.61 Å². The second-order valence-corrected chi connectivity index (χ2v) is 2.06. The zero-order chi connectivity index (χ0) is 7.61. The van der Waals surface area contributed by atoms with Gasteiger partial charge in [-0.2, -0.15) is 13.2 Å². The number of alkyl halides is 3. The van der Waals surface area contributed by atoms with E-state index in [9.17, 15) is 13.2 Å². The lowest BCUT2D eigenvalue weighted by molar-refractivity contribution is -0.138. The third-order valence-electron chi connectivity index (χ3n) is 1.10. The predicted octanol–water partition coefficient (Wildman–Crippen LogP) is 1.37. The predicted molar refractivity (Wildman–Crippen MR) is 28.9 cm³/mol. The summed E-state index contributed by atoms with van der Waals surface area (Å²) in [4.78, 5) is 3.45. The Bertz CT molecular complexity index is 142. The van der Waals surface area contributed by atoms with Crippen LogP contribution in [0.5, 0.6) is 0 Å². The van der Waals surface area contributed by atoms with Gasteiger partial charge in [0.05, 0.1) is 12.5 Å². The van der Waals surface area contributed by atoms with Crippen molar-refractivity contribution in [1.82, 2.24) is 0 Å². The van der Waals surface area contributed by atoms with Crippen LogP contribution in [0.1, 0.15) is 6.42 Å². The highest BCUT2D eigenvalue weighted by Crippen LogP contribution is 2.23. The number of rotatable bonds is 1. The molecular weight excluding hydrogens is 147 g/mol. The van der Waals surface area contributed by atoms with Gasteiger partial charge in [-0.3, -0.25) is 4.99 Å². The molecule has 1 rings (SSSR count). The molecule has 1 aliphatic heterocycles. The maximum Gasteiger partial charge on any atom is 0.391 e. The molecule has 5 heteroatoms. The topological polar surface area (TPSA) is 21.6 Å². The van der Waals surface area contributed by atoms with Gasteiger partial charge in [-0.1, -0.05) is 0 Å². The molecule has 1 aliphatic rings. The Morgan fingerprint density at radius 2 is 2.30 bits per heavy atom. The number of hydrogen-bond acceptors (Lipinski definition) is 2. The van der Waals surface area contributed by atoms with Crippen LogP contribution < -0.4 is 0 Å². The average Bonchev–Trinajstić information content (AvgIpc) is 2.12. The van der Waals surface area contributed by atoms with Gasteiger partial charge in [-0.05, 0) is 0 Å². The molecule has 58 valence electrons. The first-order valence-electron chi connectivity index (χ1n) is 2.78. The van der Waals surface area contributed by atoms with Gasteiger partial charge < -0.3 is 4.74 Å². The second-order valence-electron chi connectivity index (χ2n) is 2.06. The Hall–Kier alpha value is -0.740. The zero-order valence-corrected chi connectivity index (χ0v) is 5.06. The summed E-state index contributed by atoms with van der Waals surface area (Å²) in [5.74, 6) is 0. The van der Waals surface area contributed by atoms with Crippen molar-refractivity contribution in [2.45, 2.75) is 18.6 Å². The molecule has 0 aromatic heterocycles. The largest absolute Gasteiger partial charge is 0.481 e. The van der Waals surface area contributed by atoms with E-state index in [0.717, 1.165) is 6.40 Å². The minimum atomic E-state index is -4.13. The fraction of sp³-hybridized carbons (Fsp3) is 0.800. The summed E-state index contributed by atoms with van der Waals surface area (Å²) < 4.78 is 39.2. The van der Waals surface area contributed by atoms with E-state index < -0.39 is 18.6 Å². The van der Waals surface area contributed by atoms with Crippen molar-refractivity contribution < 1.29 is 17.9 Å². The third kappa shape index (κ3) is 2.24. The van der Waals surface area contributed by atoms with Crippen molar-refractivity contribution in [3.8, 4) is 0 Å². The average molecular weight is 153 g/mol. The van der Waals surface area contributed by atoms with Crippen molar-refractivity contribution >= 4 is 6.40 Å². The molecule has 0 amide bonds. The number of nitrogens with zero attached hydrogens (tertiary/aromatic N) is 1. The van der Waals surface area contributed by atoms with Crippen LogP contribution in [0.2, 0.25) is 0 Å². The molecule has 0 spiro atoms. The minimum Gasteiger partial charge on any atom is -0.481 e. The third-order valence-corrected chi connectivity index (χ3v) is 1.10. The molecule has 1 unspecified atom stereocenters. The van der Waals surface area contributed by atoms with E-state index in [1.165, 1.54) is 0 Å². The maximum atomic E-state index is 11.6. The van der Waals surface area contributed by atoms with E-state index in [1.807, 2.05) is 0 Å². The van der Waals surface area contributed by atoms with E-state index in [-0.39, 0.29) is 6.61 Å². The summed E-state index contributed by atoms with van der Waals surface area (Å²) in [6.07, 6.45) is -3.95. The minimum absolute atomic E-state index is 0.0551. The Balaban J connectivity index is 2.31. The van der Waals surface area contributed by atoms with Gasteiger partial charge in [-0.15, -0.1) is 0 Å². The molecule has 10 heavy (non-hydrogen) atoms. The highest BCUT2D eigenvalue weighted by Gasteiger charge is 2.32. The van der Waals surface area contributed by atoms with Crippen molar-refractivity contribution in [3.63, 3.8) is 0 Å². The SMILES string of the molecule is FC(F)(F)CC1COC=N1. The van der Waals surface area contributed by atoms with Gasteiger partial charge in [0.2, 0.25) is 0 Å². The summed E-state index contributed by atoms with van der Waals surface area (Å²) >= 11 is 0. The lowest BCUT2D eigenvalue weighted by atomic mass is 10.2. The first kappa shape index (κ1) is 7.37. The van der Waals surface area contributed by atoms with Gasteiger partial charge in [0.25, 0.3) is 0 Å². The highest BCUT2D eigenvalue weighted by molar-refractivity contribution is 5.48. The lowest BCUT2D eigenvalue weighted by Crippen LogP contribution is -2.18. The monoisotopic (exact) mass is 153 g/mol. The standard InChI is InChI=1S/C5H6F3NO/c6-5(7,8)1-4-2-10-3-9-4/h3-4H,1-2H2. The molecule has 0 bridgehead atoms. The van der Waals surface area contributed by atoms with E-state index in [2.05, 4.69) is 9.73 Å². The Labute approximate surface area is 55.7 Å². The number of ether oxygens (including phenoxy) is 1. The van der Waals surface area contributed by atoms with Crippen molar-refractivity contribution in [2.24, 2.45) is 4.99 Å². The van der Waals surface area contributed by atoms with Crippen molar-refractivity contribution in [1.29, 1.82) is 0 Å². The van der Waals surface area contributed by atoms with Gasteiger partial charge >= 0.3 is 6.18 Å². The van der Waals surface area contributed by atoms with E-state index in [1.54, 1.807) is 0 Å².